The fraction of sp³-hybridized carbons (Fsp3) is 0.455. The Morgan fingerprint density at radius 1 is 1.50 bits per heavy atom. The number of carbonyl (C=O) groups is 3. The van der Waals surface area contributed by atoms with Gasteiger partial charge in [0.2, 0.25) is 5.91 Å². The van der Waals surface area contributed by atoms with Gasteiger partial charge in [0, 0.05) is 19.9 Å². The van der Waals surface area contributed by atoms with E-state index >= 15 is 0 Å². The number of rotatable bonds is 3. The lowest BCUT2D eigenvalue weighted by Gasteiger charge is -2.11. The largest absolute Gasteiger partial charge is 0.481 e. The van der Waals surface area contributed by atoms with E-state index in [2.05, 4.69) is 4.98 Å². The summed E-state index contributed by atoms with van der Waals surface area (Å²) in [5.41, 5.74) is 0.578. The second-order valence-corrected chi connectivity index (χ2v) is 5.19. The van der Waals surface area contributed by atoms with Crippen LogP contribution in [0.25, 0.3) is 0 Å². The molecule has 96 valence electrons. The Kier molecular flexibility index (Phi) is 3.16. The van der Waals surface area contributed by atoms with Gasteiger partial charge in [0.1, 0.15) is 0 Å². The molecule has 1 aliphatic heterocycles. The maximum Gasteiger partial charge on any atom is 0.308 e. The number of carbonyl (C=O) groups excluding carboxylic acids is 2. The highest BCUT2D eigenvalue weighted by molar-refractivity contribution is 7.17. The molecule has 0 aromatic carbocycles. The van der Waals surface area contributed by atoms with Gasteiger partial charge in [-0.1, -0.05) is 11.3 Å². The van der Waals surface area contributed by atoms with Crippen molar-refractivity contribution in [3.05, 3.63) is 10.6 Å². The van der Waals surface area contributed by atoms with E-state index in [1.807, 2.05) is 0 Å². The first-order valence-electron chi connectivity index (χ1n) is 5.41. The number of hydrogen-bond donors (Lipinski definition) is 1. The topological polar surface area (TPSA) is 87.6 Å². The molecule has 0 spiro atoms. The first kappa shape index (κ1) is 12.7. The number of carboxylic acid groups (broad SMARTS) is 1. The summed E-state index contributed by atoms with van der Waals surface area (Å²) in [7, 11) is 0. The highest BCUT2D eigenvalue weighted by atomic mass is 32.1. The molecule has 1 fully saturated rings. The molecular formula is C11H12N2O4S. The van der Waals surface area contributed by atoms with E-state index in [0.717, 1.165) is 11.3 Å². The van der Waals surface area contributed by atoms with E-state index in [9.17, 15) is 14.4 Å². The van der Waals surface area contributed by atoms with Crippen LogP contribution in [0.15, 0.2) is 0 Å². The second-order valence-electron chi connectivity index (χ2n) is 4.21. The summed E-state index contributed by atoms with van der Waals surface area (Å²) in [6.45, 7) is 3.26. The van der Waals surface area contributed by atoms with Crippen molar-refractivity contribution in [2.75, 3.05) is 11.4 Å². The van der Waals surface area contributed by atoms with Gasteiger partial charge >= 0.3 is 5.97 Å². The van der Waals surface area contributed by atoms with Crippen LogP contribution in [0.4, 0.5) is 5.13 Å². The summed E-state index contributed by atoms with van der Waals surface area (Å²) in [4.78, 5) is 39.9. The van der Waals surface area contributed by atoms with Crippen LogP contribution >= 0.6 is 11.3 Å². The number of Topliss-reactive ketones (excluding diaryl/α,β-unsaturated/α-hetero) is 1. The lowest BCUT2D eigenvalue weighted by atomic mass is 10.1. The lowest BCUT2D eigenvalue weighted by molar-refractivity contribution is -0.141. The van der Waals surface area contributed by atoms with Crippen LogP contribution in [0.1, 0.15) is 28.7 Å². The molecule has 18 heavy (non-hydrogen) atoms. The Hall–Kier alpha value is -1.76. The van der Waals surface area contributed by atoms with Crippen molar-refractivity contribution in [2.45, 2.75) is 20.3 Å². The van der Waals surface area contributed by atoms with E-state index in [-0.39, 0.29) is 24.7 Å². The van der Waals surface area contributed by atoms with Gasteiger partial charge < -0.3 is 5.11 Å². The molecule has 0 saturated carbocycles. The third-order valence-electron chi connectivity index (χ3n) is 2.81. The van der Waals surface area contributed by atoms with Crippen LogP contribution in [0.2, 0.25) is 0 Å². The van der Waals surface area contributed by atoms with E-state index in [1.165, 1.54) is 11.8 Å². The van der Waals surface area contributed by atoms with Crippen molar-refractivity contribution in [3.63, 3.8) is 0 Å². The predicted octanol–water partition coefficient (Wildman–Crippen LogP) is 1.09. The molecule has 0 bridgehead atoms. The van der Waals surface area contributed by atoms with Crippen molar-refractivity contribution < 1.29 is 19.5 Å². The number of anilines is 1. The van der Waals surface area contributed by atoms with E-state index in [1.54, 1.807) is 6.92 Å². The molecule has 0 radical (unpaired) electrons. The number of aromatic nitrogens is 1. The average molecular weight is 268 g/mol. The molecule has 1 aliphatic rings. The van der Waals surface area contributed by atoms with Crippen LogP contribution in [0.5, 0.6) is 0 Å². The number of carboxylic acids is 1. The maximum absolute atomic E-state index is 11.7. The van der Waals surface area contributed by atoms with Crippen molar-refractivity contribution >= 4 is 34.1 Å². The van der Waals surface area contributed by atoms with Crippen molar-refractivity contribution in [2.24, 2.45) is 5.92 Å². The van der Waals surface area contributed by atoms with Crippen molar-refractivity contribution in [1.82, 2.24) is 4.98 Å². The molecule has 1 aromatic rings. The molecule has 1 N–H and O–H groups in total. The molecule has 1 unspecified atom stereocenters. The number of thiazole rings is 1. The molecule has 1 amide bonds. The summed E-state index contributed by atoms with van der Waals surface area (Å²) < 4.78 is 0. The highest BCUT2D eigenvalue weighted by Crippen LogP contribution is 2.31. The Balaban J connectivity index is 2.27. The maximum atomic E-state index is 11.7. The molecule has 1 saturated heterocycles. The Labute approximate surface area is 107 Å². The standard InChI is InChI=1S/C11H12N2O4S/c1-5-9(6(2)14)18-11(12-5)13-4-7(10(16)17)3-8(13)15/h7H,3-4H2,1-2H3,(H,16,17). The summed E-state index contributed by atoms with van der Waals surface area (Å²) >= 11 is 1.13. The van der Waals surface area contributed by atoms with Gasteiger partial charge in [-0.3, -0.25) is 19.3 Å². The average Bonchev–Trinajstić information content (AvgIpc) is 2.81. The molecule has 1 atom stereocenters. The van der Waals surface area contributed by atoms with Gasteiger partial charge in [0.05, 0.1) is 16.5 Å². The normalized spacial score (nSPS) is 19.3. The fourth-order valence-electron chi connectivity index (χ4n) is 1.88. The van der Waals surface area contributed by atoms with Crippen LogP contribution in [0.3, 0.4) is 0 Å². The number of nitrogens with zero attached hydrogens (tertiary/aromatic N) is 2. The summed E-state index contributed by atoms with van der Waals surface area (Å²) in [5.74, 6) is -2.03. The molecule has 7 heteroatoms. The van der Waals surface area contributed by atoms with E-state index < -0.39 is 11.9 Å². The Morgan fingerprint density at radius 3 is 2.61 bits per heavy atom. The van der Waals surface area contributed by atoms with Crippen LogP contribution in [-0.2, 0) is 9.59 Å². The van der Waals surface area contributed by atoms with Gasteiger partial charge in [0.25, 0.3) is 0 Å². The molecule has 0 aliphatic carbocycles. The first-order valence-corrected chi connectivity index (χ1v) is 6.23. The zero-order valence-corrected chi connectivity index (χ0v) is 10.8. The quantitative estimate of drug-likeness (QED) is 0.829. The number of amides is 1. The summed E-state index contributed by atoms with van der Waals surface area (Å²) in [6, 6.07) is 0. The van der Waals surface area contributed by atoms with Gasteiger partial charge in [0.15, 0.2) is 10.9 Å². The first-order chi connectivity index (χ1) is 8.40. The van der Waals surface area contributed by atoms with Crippen LogP contribution in [-0.4, -0.2) is 34.3 Å². The van der Waals surface area contributed by atoms with Gasteiger partial charge in [-0.2, -0.15) is 0 Å². The fourth-order valence-corrected chi connectivity index (χ4v) is 2.87. The van der Waals surface area contributed by atoms with Crippen LogP contribution in [0, 0.1) is 12.8 Å². The Morgan fingerprint density at radius 2 is 2.17 bits per heavy atom. The number of ketones is 1. The predicted molar refractivity (Wildman–Crippen MR) is 65.0 cm³/mol. The van der Waals surface area contributed by atoms with E-state index in [4.69, 9.17) is 5.11 Å². The van der Waals surface area contributed by atoms with Gasteiger partial charge in [-0.25, -0.2) is 4.98 Å². The van der Waals surface area contributed by atoms with E-state index in [0.29, 0.717) is 15.7 Å². The third kappa shape index (κ3) is 2.13. The number of aryl methyl sites for hydroxylation is 1. The Bertz CT molecular complexity index is 537. The third-order valence-corrected chi connectivity index (χ3v) is 4.09. The lowest BCUT2D eigenvalue weighted by Crippen LogP contribution is -2.25. The minimum Gasteiger partial charge on any atom is -0.481 e. The minimum absolute atomic E-state index is 0.0105. The molecular weight excluding hydrogens is 256 g/mol. The number of hydrogen-bond acceptors (Lipinski definition) is 5. The summed E-state index contributed by atoms with van der Waals surface area (Å²) in [6.07, 6.45) is -0.0105. The summed E-state index contributed by atoms with van der Waals surface area (Å²) in [5, 5.41) is 9.30. The SMILES string of the molecule is CC(=O)c1sc(N2CC(C(=O)O)CC2=O)nc1C. The van der Waals surface area contributed by atoms with Crippen LogP contribution < -0.4 is 4.90 Å². The van der Waals surface area contributed by atoms with Gasteiger partial charge in [-0.15, -0.1) is 0 Å². The molecule has 6 nitrogen and oxygen atoms in total. The van der Waals surface area contributed by atoms with Crippen molar-refractivity contribution in [1.29, 1.82) is 0 Å². The monoisotopic (exact) mass is 268 g/mol. The molecule has 2 heterocycles. The smallest absolute Gasteiger partial charge is 0.308 e. The highest BCUT2D eigenvalue weighted by Gasteiger charge is 2.36. The molecule has 2 rings (SSSR count). The zero-order chi connectivity index (χ0) is 13.4. The minimum atomic E-state index is -0.981. The van der Waals surface area contributed by atoms with Gasteiger partial charge in [-0.05, 0) is 6.92 Å². The van der Waals surface area contributed by atoms with Crippen molar-refractivity contribution in [3.8, 4) is 0 Å². The number of aliphatic carboxylic acids is 1. The zero-order valence-electron chi connectivity index (χ0n) is 9.97. The molecule has 1 aromatic heterocycles. The second kappa shape index (κ2) is 4.49.